The Morgan fingerprint density at radius 1 is 0.862 bits per heavy atom. The smallest absolute Gasteiger partial charge is 0.152 e. The lowest BCUT2D eigenvalue weighted by atomic mass is 10.1. The highest BCUT2D eigenvalue weighted by Gasteiger charge is 2.10. The summed E-state index contributed by atoms with van der Waals surface area (Å²) in [6.07, 6.45) is 1.84. The monoisotopic (exact) mass is 387 g/mol. The van der Waals surface area contributed by atoms with Crippen LogP contribution in [0.2, 0.25) is 0 Å². The van der Waals surface area contributed by atoms with Crippen molar-refractivity contribution in [3.8, 4) is 11.5 Å². The van der Waals surface area contributed by atoms with Crippen molar-refractivity contribution in [2.75, 3.05) is 0 Å². The summed E-state index contributed by atoms with van der Waals surface area (Å²) in [7, 11) is 0. The van der Waals surface area contributed by atoms with Gasteiger partial charge in [-0.25, -0.2) is 0 Å². The molecule has 4 rings (SSSR count). The Balaban J connectivity index is 1.24. The van der Waals surface area contributed by atoms with Crippen LogP contribution in [0.1, 0.15) is 28.0 Å². The van der Waals surface area contributed by atoms with Crippen molar-refractivity contribution in [3.63, 3.8) is 0 Å². The number of rotatable bonds is 9. The fraction of sp³-hybridized carbons (Fsp3) is 0.208. The van der Waals surface area contributed by atoms with Gasteiger partial charge >= 0.3 is 0 Å². The fourth-order valence-corrected chi connectivity index (χ4v) is 3.18. The highest BCUT2D eigenvalue weighted by atomic mass is 16.5. The van der Waals surface area contributed by atoms with Crippen molar-refractivity contribution >= 4 is 0 Å². The maximum atomic E-state index is 5.80. The van der Waals surface area contributed by atoms with Gasteiger partial charge in [0.25, 0.3) is 0 Å². The van der Waals surface area contributed by atoms with Gasteiger partial charge in [-0.05, 0) is 35.7 Å². The van der Waals surface area contributed by atoms with Gasteiger partial charge in [0.1, 0.15) is 11.5 Å². The molecule has 0 saturated heterocycles. The molecule has 0 saturated carbocycles. The first-order chi connectivity index (χ1) is 14.3. The van der Waals surface area contributed by atoms with E-state index in [-0.39, 0.29) is 0 Å². The normalized spacial score (nSPS) is 11.1. The van der Waals surface area contributed by atoms with E-state index in [4.69, 9.17) is 9.15 Å². The molecule has 0 aliphatic carbocycles. The SMILES string of the molecule is Cc1ccc(-c2[nH]ncc2CNCc2ccc(COCc3ccccc3)cc2)o1. The number of hydrogen-bond donors (Lipinski definition) is 2. The van der Waals surface area contributed by atoms with Crippen LogP contribution in [-0.2, 0) is 31.0 Å². The summed E-state index contributed by atoms with van der Waals surface area (Å²) in [5.41, 5.74) is 5.61. The number of aromatic amines is 1. The van der Waals surface area contributed by atoms with Crippen LogP contribution in [0.25, 0.3) is 11.5 Å². The van der Waals surface area contributed by atoms with Gasteiger partial charge in [0.05, 0.1) is 19.4 Å². The molecule has 5 nitrogen and oxygen atoms in total. The zero-order chi connectivity index (χ0) is 19.9. The Hall–Kier alpha value is -3.15. The molecule has 29 heavy (non-hydrogen) atoms. The summed E-state index contributed by atoms with van der Waals surface area (Å²) in [6.45, 7) is 4.69. The van der Waals surface area contributed by atoms with E-state index in [1.807, 2.05) is 43.5 Å². The van der Waals surface area contributed by atoms with Gasteiger partial charge in [-0.2, -0.15) is 5.10 Å². The molecule has 148 valence electrons. The van der Waals surface area contributed by atoms with E-state index in [1.165, 1.54) is 16.7 Å². The Morgan fingerprint density at radius 3 is 2.31 bits per heavy atom. The zero-order valence-corrected chi connectivity index (χ0v) is 16.5. The van der Waals surface area contributed by atoms with Gasteiger partial charge in [0.15, 0.2) is 5.76 Å². The predicted octanol–water partition coefficient (Wildman–Crippen LogP) is 4.98. The minimum Gasteiger partial charge on any atom is -0.460 e. The van der Waals surface area contributed by atoms with Crippen molar-refractivity contribution < 1.29 is 9.15 Å². The maximum absolute atomic E-state index is 5.80. The average molecular weight is 387 g/mol. The molecule has 0 aliphatic heterocycles. The van der Waals surface area contributed by atoms with Crippen LogP contribution in [0.5, 0.6) is 0 Å². The van der Waals surface area contributed by atoms with Crippen molar-refractivity contribution in [2.24, 2.45) is 0 Å². The summed E-state index contributed by atoms with van der Waals surface area (Å²) in [4.78, 5) is 0. The summed E-state index contributed by atoms with van der Waals surface area (Å²) in [5, 5.41) is 10.7. The molecule has 0 atom stereocenters. The maximum Gasteiger partial charge on any atom is 0.152 e. The lowest BCUT2D eigenvalue weighted by molar-refractivity contribution is 0.107. The first kappa shape index (κ1) is 19.2. The molecule has 4 aromatic rings. The quantitative estimate of drug-likeness (QED) is 0.425. The van der Waals surface area contributed by atoms with Gasteiger partial charge in [0, 0.05) is 18.7 Å². The van der Waals surface area contributed by atoms with Gasteiger partial charge in [-0.3, -0.25) is 5.10 Å². The van der Waals surface area contributed by atoms with Crippen LogP contribution in [0.4, 0.5) is 0 Å². The molecule has 2 heterocycles. The number of ether oxygens (including phenoxy) is 1. The molecule has 0 unspecified atom stereocenters. The lowest BCUT2D eigenvalue weighted by Gasteiger charge is -2.07. The topological polar surface area (TPSA) is 63.1 Å². The number of nitrogens with one attached hydrogen (secondary N) is 2. The van der Waals surface area contributed by atoms with Crippen molar-refractivity contribution in [3.05, 3.63) is 101 Å². The minimum absolute atomic E-state index is 0.615. The molecular weight excluding hydrogens is 362 g/mol. The van der Waals surface area contributed by atoms with Crippen LogP contribution in [0.15, 0.2) is 77.3 Å². The summed E-state index contributed by atoms with van der Waals surface area (Å²) >= 11 is 0. The highest BCUT2D eigenvalue weighted by Crippen LogP contribution is 2.23. The van der Waals surface area contributed by atoms with E-state index in [0.717, 1.165) is 29.3 Å². The van der Waals surface area contributed by atoms with Crippen molar-refractivity contribution in [1.82, 2.24) is 15.5 Å². The lowest BCUT2D eigenvalue weighted by Crippen LogP contribution is -2.12. The van der Waals surface area contributed by atoms with E-state index in [9.17, 15) is 0 Å². The summed E-state index contributed by atoms with van der Waals surface area (Å²) in [5.74, 6) is 1.71. The second kappa shape index (κ2) is 9.37. The second-order valence-corrected chi connectivity index (χ2v) is 7.08. The summed E-state index contributed by atoms with van der Waals surface area (Å²) in [6, 6.07) is 22.7. The first-order valence-corrected chi connectivity index (χ1v) is 9.77. The van der Waals surface area contributed by atoms with Crippen LogP contribution < -0.4 is 5.32 Å². The number of H-pyrrole nitrogens is 1. The largest absolute Gasteiger partial charge is 0.460 e. The van der Waals surface area contributed by atoms with E-state index in [2.05, 4.69) is 51.9 Å². The van der Waals surface area contributed by atoms with Gasteiger partial charge < -0.3 is 14.5 Å². The summed E-state index contributed by atoms with van der Waals surface area (Å²) < 4.78 is 11.5. The Morgan fingerprint density at radius 2 is 1.59 bits per heavy atom. The first-order valence-electron chi connectivity index (χ1n) is 9.77. The van der Waals surface area contributed by atoms with E-state index in [0.29, 0.717) is 19.8 Å². The molecule has 0 spiro atoms. The molecule has 0 fully saturated rings. The van der Waals surface area contributed by atoms with E-state index in [1.54, 1.807) is 0 Å². The molecular formula is C24H25N3O2. The molecule has 0 aliphatic rings. The predicted molar refractivity (Wildman–Crippen MR) is 113 cm³/mol. The van der Waals surface area contributed by atoms with Crippen LogP contribution in [0, 0.1) is 6.92 Å². The number of hydrogen-bond acceptors (Lipinski definition) is 4. The van der Waals surface area contributed by atoms with Crippen LogP contribution in [-0.4, -0.2) is 10.2 Å². The average Bonchev–Trinajstić information content (AvgIpc) is 3.39. The molecule has 0 bridgehead atoms. The Kier molecular flexibility index (Phi) is 6.19. The van der Waals surface area contributed by atoms with Crippen LogP contribution in [0.3, 0.4) is 0 Å². The van der Waals surface area contributed by atoms with Crippen LogP contribution >= 0.6 is 0 Å². The number of benzene rings is 2. The minimum atomic E-state index is 0.615. The Labute approximate surface area is 170 Å². The molecule has 2 N–H and O–H groups in total. The molecule has 0 amide bonds. The van der Waals surface area contributed by atoms with Crippen molar-refractivity contribution in [1.29, 1.82) is 0 Å². The zero-order valence-electron chi connectivity index (χ0n) is 16.5. The van der Waals surface area contributed by atoms with Gasteiger partial charge in [0.2, 0.25) is 0 Å². The third-order valence-electron chi connectivity index (χ3n) is 4.75. The fourth-order valence-electron chi connectivity index (χ4n) is 3.18. The van der Waals surface area contributed by atoms with E-state index >= 15 is 0 Å². The highest BCUT2D eigenvalue weighted by molar-refractivity contribution is 5.56. The van der Waals surface area contributed by atoms with Gasteiger partial charge in [-0.15, -0.1) is 0 Å². The van der Waals surface area contributed by atoms with Crippen molar-refractivity contribution in [2.45, 2.75) is 33.2 Å². The number of nitrogens with zero attached hydrogens (tertiary/aromatic N) is 1. The molecule has 2 aromatic carbocycles. The molecule has 0 radical (unpaired) electrons. The molecule has 2 aromatic heterocycles. The van der Waals surface area contributed by atoms with Gasteiger partial charge in [-0.1, -0.05) is 54.6 Å². The Bertz CT molecular complexity index is 1020. The third kappa shape index (κ3) is 5.22. The number of aryl methyl sites for hydroxylation is 1. The second-order valence-electron chi connectivity index (χ2n) is 7.08. The van der Waals surface area contributed by atoms with E-state index < -0.39 is 0 Å². The number of furan rings is 1. The number of aromatic nitrogens is 2. The standard InChI is InChI=1S/C24H25N3O2/c1-18-7-12-23(29-18)24-22(15-26-27-24)14-25-13-19-8-10-21(11-9-19)17-28-16-20-5-3-2-4-6-20/h2-12,15,25H,13-14,16-17H2,1H3,(H,26,27). The molecule has 5 heteroatoms. The third-order valence-corrected chi connectivity index (χ3v) is 4.75.